The van der Waals surface area contributed by atoms with Gasteiger partial charge in [-0.25, -0.2) is 25.3 Å². The second-order valence-electron chi connectivity index (χ2n) is 12.3. The number of nitrogens with zero attached hydrogens (tertiary/aromatic N) is 1. The monoisotopic (exact) mass is 798 g/mol. The van der Waals surface area contributed by atoms with E-state index < -0.39 is 62.6 Å². The predicted octanol–water partition coefficient (Wildman–Crippen LogP) is 5.64. The number of ketones is 2. The molecule has 0 spiro atoms. The highest BCUT2D eigenvalue weighted by Crippen LogP contribution is 2.44. The normalized spacial score (nSPS) is 12.4. The SMILES string of the molecule is CCCCCCS(=O)(=O)c1ccc(Nc2ccc3c4c2C(=O)c2ccccc2-c4c(C(=O)c2cccc(S(=O)(=O)[O-])c2)c(=O)n3C)c(S(=O)(=O)[O-])c1.[NH4+].[NH4+]. The molecule has 286 valence electrons. The molecule has 0 fully saturated rings. The second kappa shape index (κ2) is 15.3. The van der Waals surface area contributed by atoms with Crippen LogP contribution in [0.4, 0.5) is 11.4 Å². The summed E-state index contributed by atoms with van der Waals surface area (Å²) in [5.41, 5.74) is -1.39. The van der Waals surface area contributed by atoms with Gasteiger partial charge in [-0.15, -0.1) is 0 Å². The molecule has 0 bridgehead atoms. The first kappa shape index (κ1) is 41.7. The van der Waals surface area contributed by atoms with Crippen LogP contribution in [0.1, 0.15) is 64.4 Å². The van der Waals surface area contributed by atoms with Crippen molar-refractivity contribution in [2.24, 2.45) is 7.05 Å². The van der Waals surface area contributed by atoms with Gasteiger partial charge >= 0.3 is 0 Å². The van der Waals surface area contributed by atoms with Gasteiger partial charge in [0.25, 0.3) is 5.56 Å². The molecule has 54 heavy (non-hydrogen) atoms. The van der Waals surface area contributed by atoms with E-state index in [1.165, 1.54) is 43.4 Å². The van der Waals surface area contributed by atoms with E-state index in [-0.39, 0.29) is 73.0 Å². The number of fused-ring (bicyclic) bond motifs is 2. The number of pyridine rings is 1. The van der Waals surface area contributed by atoms with Crippen molar-refractivity contribution in [1.29, 1.82) is 0 Å². The van der Waals surface area contributed by atoms with E-state index in [1.54, 1.807) is 12.1 Å². The third-order valence-electron chi connectivity index (χ3n) is 8.96. The highest BCUT2D eigenvalue weighted by atomic mass is 32.2. The summed E-state index contributed by atoms with van der Waals surface area (Å²) in [6.07, 6.45) is 2.69. The average Bonchev–Trinajstić information content (AvgIpc) is 3.10. The molecule has 5 aromatic rings. The number of hydrogen-bond donors (Lipinski definition) is 3. The molecule has 6 rings (SSSR count). The molecule has 0 unspecified atom stereocenters. The number of aromatic nitrogens is 1. The molecule has 0 amide bonds. The van der Waals surface area contributed by atoms with Crippen LogP contribution in [0.2, 0.25) is 0 Å². The fourth-order valence-electron chi connectivity index (χ4n) is 6.41. The minimum absolute atomic E-state index is 0. The van der Waals surface area contributed by atoms with Gasteiger partial charge < -0.3 is 31.3 Å². The lowest BCUT2D eigenvalue weighted by atomic mass is 9.80. The number of anilines is 2. The molecule has 9 N–H and O–H groups in total. The van der Waals surface area contributed by atoms with Crippen molar-refractivity contribution in [2.45, 2.75) is 47.3 Å². The summed E-state index contributed by atoms with van der Waals surface area (Å²) in [6.45, 7) is 1.97. The number of benzene rings is 4. The maximum absolute atomic E-state index is 14.2. The summed E-state index contributed by atoms with van der Waals surface area (Å²) in [6, 6.07) is 16.3. The van der Waals surface area contributed by atoms with Gasteiger partial charge in [0.1, 0.15) is 20.2 Å². The van der Waals surface area contributed by atoms with Gasteiger partial charge in [0, 0.05) is 29.1 Å². The Labute approximate surface area is 311 Å². The first-order chi connectivity index (χ1) is 24.5. The van der Waals surface area contributed by atoms with Gasteiger partial charge in [-0.3, -0.25) is 14.4 Å². The summed E-state index contributed by atoms with van der Waals surface area (Å²) >= 11 is 0. The Morgan fingerprint density at radius 2 is 1.39 bits per heavy atom. The van der Waals surface area contributed by atoms with Gasteiger partial charge in [0.2, 0.25) is 0 Å². The standard InChI is InChI=1S/C36H32N2O11S3.2H3N/c1-3-4-5-8-18-50(42,43)22-14-15-26(29(20-22)52(47,48)49)37-27-16-17-28-32-30(24-12-6-7-13-25(24)35(40)31(27)32)33(36(41)38(28)2)34(39)21-10-9-11-23(19-21)51(44,45)46;;/h6-7,9-17,19-20,37H,3-5,8,18H2,1-2H3,(H,44,45,46)(H,47,48,49);2*1H3. The first-order valence-corrected chi connectivity index (χ1v) is 20.5. The van der Waals surface area contributed by atoms with Crippen molar-refractivity contribution < 1.29 is 43.9 Å². The lowest BCUT2D eigenvalue weighted by Gasteiger charge is -2.26. The molecule has 1 aliphatic carbocycles. The fraction of sp³-hybridized carbons (Fsp3) is 0.194. The molecule has 0 saturated heterocycles. The van der Waals surface area contributed by atoms with E-state index in [4.69, 9.17) is 0 Å². The molecular weight excluding hydrogens is 761 g/mol. The minimum atomic E-state index is -5.28. The predicted molar refractivity (Wildman–Crippen MR) is 202 cm³/mol. The third-order valence-corrected chi connectivity index (χ3v) is 12.5. The number of unbranched alkanes of at least 4 members (excludes halogenated alkanes) is 3. The number of sulfone groups is 1. The van der Waals surface area contributed by atoms with E-state index >= 15 is 0 Å². The fourth-order valence-corrected chi connectivity index (χ4v) is 9.06. The van der Waals surface area contributed by atoms with Gasteiger partial charge in [-0.2, -0.15) is 0 Å². The van der Waals surface area contributed by atoms with Crippen molar-refractivity contribution in [1.82, 2.24) is 16.9 Å². The molecule has 0 aliphatic heterocycles. The molecular formula is C36H38N4O11S3. The molecule has 18 heteroatoms. The number of carbonyl (C=O) groups is 2. The molecule has 15 nitrogen and oxygen atoms in total. The largest absolute Gasteiger partial charge is 0.744 e. The van der Waals surface area contributed by atoms with Gasteiger partial charge in [0.05, 0.1) is 48.5 Å². The summed E-state index contributed by atoms with van der Waals surface area (Å²) in [5.74, 6) is -1.76. The maximum Gasteiger partial charge on any atom is 0.262 e. The Kier molecular flexibility index (Phi) is 11.8. The molecule has 0 radical (unpaired) electrons. The van der Waals surface area contributed by atoms with E-state index in [9.17, 15) is 48.7 Å². The average molecular weight is 799 g/mol. The van der Waals surface area contributed by atoms with Crippen LogP contribution in [0, 0.1) is 0 Å². The Bertz CT molecular complexity index is 2740. The lowest BCUT2D eigenvalue weighted by Crippen LogP contribution is -2.29. The van der Waals surface area contributed by atoms with Crippen LogP contribution in [-0.4, -0.2) is 56.2 Å². The van der Waals surface area contributed by atoms with Crippen LogP contribution in [0.25, 0.3) is 22.0 Å². The molecule has 1 aliphatic rings. The van der Waals surface area contributed by atoms with E-state index in [0.29, 0.717) is 12.8 Å². The van der Waals surface area contributed by atoms with Crippen molar-refractivity contribution in [3.8, 4) is 11.1 Å². The zero-order valence-electron chi connectivity index (χ0n) is 29.7. The highest BCUT2D eigenvalue weighted by Gasteiger charge is 2.34. The van der Waals surface area contributed by atoms with Gasteiger partial charge in [-0.1, -0.05) is 62.6 Å². The van der Waals surface area contributed by atoms with Crippen molar-refractivity contribution in [3.63, 3.8) is 0 Å². The molecule has 1 heterocycles. The summed E-state index contributed by atoms with van der Waals surface area (Å²) in [4.78, 5) is 40.4. The van der Waals surface area contributed by atoms with Gasteiger partial charge in [0.15, 0.2) is 21.4 Å². The zero-order chi connectivity index (χ0) is 37.7. The smallest absolute Gasteiger partial charge is 0.262 e. The van der Waals surface area contributed by atoms with Crippen molar-refractivity contribution in [3.05, 3.63) is 111 Å². The third kappa shape index (κ3) is 7.49. The van der Waals surface area contributed by atoms with Crippen LogP contribution >= 0.6 is 0 Å². The molecule has 0 saturated carbocycles. The highest BCUT2D eigenvalue weighted by molar-refractivity contribution is 7.91. The van der Waals surface area contributed by atoms with Crippen LogP contribution < -0.4 is 23.2 Å². The lowest BCUT2D eigenvalue weighted by molar-refractivity contribution is 0.102. The second-order valence-corrected chi connectivity index (χ2v) is 17.1. The van der Waals surface area contributed by atoms with Crippen LogP contribution in [0.15, 0.2) is 98.3 Å². The molecule has 1 aromatic heterocycles. The summed E-state index contributed by atoms with van der Waals surface area (Å²) in [5, 5.41) is 2.94. The summed E-state index contributed by atoms with van der Waals surface area (Å²) in [7, 11) is -12.8. The Hall–Kier alpha value is -5.08. The first-order valence-electron chi connectivity index (χ1n) is 16.0. The Morgan fingerprint density at radius 1 is 0.722 bits per heavy atom. The maximum atomic E-state index is 14.2. The number of hydrogen-bond acceptors (Lipinski definition) is 12. The van der Waals surface area contributed by atoms with Crippen molar-refractivity contribution >= 4 is 63.9 Å². The molecule has 0 atom stereocenters. The van der Waals surface area contributed by atoms with Crippen LogP contribution in [0.3, 0.4) is 0 Å². The molecule has 4 aromatic carbocycles. The minimum Gasteiger partial charge on any atom is -0.744 e. The quantitative estimate of drug-likeness (QED) is 0.0770. The number of nitrogens with one attached hydrogen (secondary N) is 1. The number of carbonyl (C=O) groups excluding carboxylic acids is 2. The van der Waals surface area contributed by atoms with Crippen LogP contribution in [0.5, 0.6) is 0 Å². The summed E-state index contributed by atoms with van der Waals surface area (Å²) < 4.78 is 100. The van der Waals surface area contributed by atoms with Crippen LogP contribution in [-0.2, 0) is 37.1 Å². The van der Waals surface area contributed by atoms with E-state index in [2.05, 4.69) is 5.32 Å². The Morgan fingerprint density at radius 3 is 2.04 bits per heavy atom. The van der Waals surface area contributed by atoms with E-state index in [0.717, 1.165) is 47.7 Å². The Balaban J connectivity index is 0.00000325. The number of rotatable bonds is 12. The zero-order valence-corrected chi connectivity index (χ0v) is 32.2. The number of aryl methyl sites for hydroxylation is 1. The van der Waals surface area contributed by atoms with Gasteiger partial charge in [-0.05, 0) is 54.4 Å². The topological polar surface area (TPSA) is 290 Å². The van der Waals surface area contributed by atoms with Crippen molar-refractivity contribution in [2.75, 3.05) is 11.1 Å². The number of quaternary nitrogens is 2. The van der Waals surface area contributed by atoms with E-state index in [1.807, 2.05) is 6.92 Å².